The largest absolute Gasteiger partial charge is 0.487 e. The molecule has 1 aliphatic heterocycles. The van der Waals surface area contributed by atoms with Crippen molar-refractivity contribution in [2.45, 2.75) is 37.2 Å². The highest BCUT2D eigenvalue weighted by atomic mass is 32.2. The van der Waals surface area contributed by atoms with Crippen LogP contribution in [0.25, 0.3) is 5.76 Å². The van der Waals surface area contributed by atoms with Crippen LogP contribution in [0.5, 0.6) is 0 Å². The van der Waals surface area contributed by atoms with E-state index in [1.807, 2.05) is 6.92 Å². The third kappa shape index (κ3) is 3.62. The lowest BCUT2D eigenvalue weighted by Crippen LogP contribution is -2.19. The van der Waals surface area contributed by atoms with Crippen LogP contribution in [-0.4, -0.2) is 21.1 Å². The average Bonchev–Trinajstić information content (AvgIpc) is 3.05. The van der Waals surface area contributed by atoms with Crippen molar-refractivity contribution in [2.24, 2.45) is 0 Å². The van der Waals surface area contributed by atoms with Crippen LogP contribution in [-0.2, 0) is 25.5 Å². The predicted molar refractivity (Wildman–Crippen MR) is 105 cm³/mol. The quantitative estimate of drug-likeness (QED) is 0.707. The van der Waals surface area contributed by atoms with Gasteiger partial charge in [-0.25, -0.2) is 4.39 Å². The van der Waals surface area contributed by atoms with E-state index < -0.39 is 16.2 Å². The number of hydrogen-bond donors (Lipinski definition) is 0. The van der Waals surface area contributed by atoms with Gasteiger partial charge < -0.3 is 4.74 Å². The molecule has 0 fully saturated rings. The van der Waals surface area contributed by atoms with E-state index in [9.17, 15) is 12.8 Å². The molecule has 2 aromatic rings. The summed E-state index contributed by atoms with van der Waals surface area (Å²) in [7, 11) is -3.87. The summed E-state index contributed by atoms with van der Waals surface area (Å²) in [5.41, 5.74) is 4.55. The Morgan fingerprint density at radius 1 is 1.18 bits per heavy atom. The van der Waals surface area contributed by atoms with Crippen LogP contribution in [0.15, 0.2) is 65.1 Å². The van der Waals surface area contributed by atoms with Gasteiger partial charge in [-0.05, 0) is 55.2 Å². The maximum absolute atomic E-state index is 13.8. The summed E-state index contributed by atoms with van der Waals surface area (Å²) in [5.74, 6) is 0.265. The molecule has 6 heteroatoms. The van der Waals surface area contributed by atoms with Gasteiger partial charge in [0.05, 0.1) is 4.90 Å². The van der Waals surface area contributed by atoms with E-state index in [2.05, 4.69) is 6.58 Å². The van der Waals surface area contributed by atoms with E-state index in [4.69, 9.17) is 8.92 Å². The number of aryl methyl sites for hydroxylation is 2. The Kier molecular flexibility index (Phi) is 4.85. The highest BCUT2D eigenvalue weighted by Crippen LogP contribution is 2.41. The molecule has 4 nitrogen and oxygen atoms in total. The minimum atomic E-state index is -3.87. The molecule has 2 aromatic carbocycles. The Labute approximate surface area is 164 Å². The van der Waals surface area contributed by atoms with Gasteiger partial charge in [0.2, 0.25) is 0 Å². The van der Waals surface area contributed by atoms with Crippen LogP contribution in [0.1, 0.15) is 29.5 Å². The highest BCUT2D eigenvalue weighted by molar-refractivity contribution is 7.86. The van der Waals surface area contributed by atoms with Gasteiger partial charge in [0.25, 0.3) is 10.1 Å². The zero-order valence-corrected chi connectivity index (χ0v) is 16.4. The zero-order valence-electron chi connectivity index (χ0n) is 15.6. The Hall–Kier alpha value is -2.44. The maximum atomic E-state index is 13.8. The molecule has 1 unspecified atom stereocenters. The normalized spacial score (nSPS) is 19.1. The molecule has 0 spiro atoms. The predicted octanol–water partition coefficient (Wildman–Crippen LogP) is 4.54. The molecule has 0 amide bonds. The highest BCUT2D eigenvalue weighted by Gasteiger charge is 2.32. The SMILES string of the molecule is C=C1CCc2ccc(F)cc2C2=C1CC(COS(=O)(=O)c1ccc(C)cc1)O2. The van der Waals surface area contributed by atoms with Gasteiger partial charge in [0.15, 0.2) is 0 Å². The fourth-order valence-electron chi connectivity index (χ4n) is 3.58. The first-order valence-electron chi connectivity index (χ1n) is 9.16. The van der Waals surface area contributed by atoms with Gasteiger partial charge >= 0.3 is 0 Å². The number of halogens is 1. The second-order valence-corrected chi connectivity index (χ2v) is 8.82. The van der Waals surface area contributed by atoms with E-state index in [0.29, 0.717) is 12.2 Å². The molecule has 0 radical (unpaired) electrons. The maximum Gasteiger partial charge on any atom is 0.297 e. The summed E-state index contributed by atoms with van der Waals surface area (Å²) in [6.07, 6.45) is 1.56. The standard InChI is InChI=1S/C22H21FO4S/c1-14-3-9-19(10-4-14)28(24,25)26-13-18-12-20-15(2)5-6-16-7-8-17(23)11-21(16)22(20)27-18/h3-4,7-11,18H,2,5-6,12-13H2,1H3. The molecule has 1 heterocycles. The second kappa shape index (κ2) is 7.18. The summed E-state index contributed by atoms with van der Waals surface area (Å²) in [6.45, 7) is 5.91. The number of fused-ring (bicyclic) bond motifs is 2. The number of rotatable bonds is 4. The monoisotopic (exact) mass is 400 g/mol. The van der Waals surface area contributed by atoms with Gasteiger partial charge in [-0.2, -0.15) is 8.42 Å². The van der Waals surface area contributed by atoms with Crippen LogP contribution in [0.4, 0.5) is 4.39 Å². The summed E-state index contributed by atoms with van der Waals surface area (Å²) < 4.78 is 49.9. The minimum absolute atomic E-state index is 0.110. The molecule has 146 valence electrons. The van der Waals surface area contributed by atoms with E-state index >= 15 is 0 Å². The first-order chi connectivity index (χ1) is 13.3. The molecular weight excluding hydrogens is 379 g/mol. The Bertz CT molecular complexity index is 1070. The van der Waals surface area contributed by atoms with Gasteiger partial charge in [-0.3, -0.25) is 4.18 Å². The Morgan fingerprint density at radius 2 is 1.93 bits per heavy atom. The molecule has 4 rings (SSSR count). The van der Waals surface area contributed by atoms with Crippen molar-refractivity contribution >= 4 is 15.9 Å². The number of hydrogen-bond acceptors (Lipinski definition) is 4. The molecule has 0 aromatic heterocycles. The number of allylic oxidation sites excluding steroid dienone is 1. The van der Waals surface area contributed by atoms with Crippen LogP contribution < -0.4 is 0 Å². The van der Waals surface area contributed by atoms with Gasteiger partial charge in [0, 0.05) is 17.6 Å². The van der Waals surface area contributed by atoms with Gasteiger partial charge in [0.1, 0.15) is 24.3 Å². The van der Waals surface area contributed by atoms with E-state index in [1.165, 1.54) is 24.3 Å². The fraction of sp³-hybridized carbons (Fsp3) is 0.273. The van der Waals surface area contributed by atoms with Crippen LogP contribution in [0.2, 0.25) is 0 Å². The molecule has 0 bridgehead atoms. The van der Waals surface area contributed by atoms with Crippen LogP contribution in [0.3, 0.4) is 0 Å². The molecule has 2 aliphatic rings. The zero-order chi connectivity index (χ0) is 19.9. The van der Waals surface area contributed by atoms with Crippen molar-refractivity contribution in [3.05, 3.63) is 82.7 Å². The van der Waals surface area contributed by atoms with Gasteiger partial charge in [-0.15, -0.1) is 0 Å². The van der Waals surface area contributed by atoms with Crippen molar-refractivity contribution in [2.75, 3.05) is 6.61 Å². The summed E-state index contributed by atoms with van der Waals surface area (Å²) in [5, 5.41) is 0. The molecule has 0 saturated heterocycles. The van der Waals surface area contributed by atoms with Crippen molar-refractivity contribution < 1.29 is 21.7 Å². The Balaban J connectivity index is 1.52. The smallest absolute Gasteiger partial charge is 0.297 e. The third-order valence-corrected chi connectivity index (χ3v) is 6.44. The summed E-state index contributed by atoms with van der Waals surface area (Å²) in [4.78, 5) is 0.113. The van der Waals surface area contributed by atoms with Crippen molar-refractivity contribution in [3.63, 3.8) is 0 Å². The molecule has 1 atom stereocenters. The van der Waals surface area contributed by atoms with Gasteiger partial charge in [-0.1, -0.05) is 30.3 Å². The molecule has 28 heavy (non-hydrogen) atoms. The van der Waals surface area contributed by atoms with Crippen LogP contribution >= 0.6 is 0 Å². The lowest BCUT2D eigenvalue weighted by molar-refractivity contribution is 0.124. The fourth-order valence-corrected chi connectivity index (χ4v) is 4.51. The number of benzene rings is 2. The molecule has 1 aliphatic carbocycles. The third-order valence-electron chi connectivity index (χ3n) is 5.15. The summed E-state index contributed by atoms with van der Waals surface area (Å²) in [6, 6.07) is 11.2. The van der Waals surface area contributed by atoms with E-state index in [0.717, 1.165) is 40.7 Å². The average molecular weight is 400 g/mol. The minimum Gasteiger partial charge on any atom is -0.487 e. The van der Waals surface area contributed by atoms with Crippen molar-refractivity contribution in [3.8, 4) is 0 Å². The molecule has 0 saturated carbocycles. The topological polar surface area (TPSA) is 52.6 Å². The lowest BCUT2D eigenvalue weighted by atomic mass is 10.00. The molecule has 0 N–H and O–H groups in total. The molecular formula is C22H21FO4S. The van der Waals surface area contributed by atoms with Crippen molar-refractivity contribution in [1.29, 1.82) is 0 Å². The second-order valence-electron chi connectivity index (χ2n) is 7.21. The number of ether oxygens (including phenoxy) is 1. The van der Waals surface area contributed by atoms with E-state index in [1.54, 1.807) is 18.2 Å². The first-order valence-corrected chi connectivity index (χ1v) is 10.6. The lowest BCUT2D eigenvalue weighted by Gasteiger charge is -2.15. The van der Waals surface area contributed by atoms with Crippen LogP contribution in [0, 0.1) is 12.7 Å². The van der Waals surface area contributed by atoms with Crippen molar-refractivity contribution in [1.82, 2.24) is 0 Å². The first kappa shape index (κ1) is 18.9. The summed E-state index contributed by atoms with van der Waals surface area (Å²) >= 11 is 0. The Morgan fingerprint density at radius 3 is 2.68 bits per heavy atom. The van der Waals surface area contributed by atoms with E-state index in [-0.39, 0.29) is 17.3 Å².